The van der Waals surface area contributed by atoms with Gasteiger partial charge in [0, 0.05) is 43.4 Å². The van der Waals surface area contributed by atoms with Crippen LogP contribution in [0.2, 0.25) is 0 Å². The number of hydrogen-bond donors (Lipinski definition) is 3. The van der Waals surface area contributed by atoms with Gasteiger partial charge in [0.05, 0.1) is 30.2 Å². The quantitative estimate of drug-likeness (QED) is 0.190. The Hall–Kier alpha value is -4.11. The molecule has 3 aromatic rings. The van der Waals surface area contributed by atoms with Crippen LogP contribution in [0.15, 0.2) is 90.1 Å². The van der Waals surface area contributed by atoms with Gasteiger partial charge in [0.15, 0.2) is 0 Å². The topological polar surface area (TPSA) is 114 Å². The maximum atomic E-state index is 14.1. The molecule has 47 heavy (non-hydrogen) atoms. The van der Waals surface area contributed by atoms with E-state index in [-0.39, 0.29) is 30.2 Å². The monoisotopic (exact) mass is 635 g/mol. The van der Waals surface area contributed by atoms with Gasteiger partial charge in [-0.15, -0.1) is 0 Å². The maximum Gasteiger partial charge on any atom is 0.234 e. The molecule has 1 aromatic heterocycles. The number of carbonyl (C=O) groups excluding carboxylic acids is 2. The number of phenolic OH excluding ortho intramolecular Hbond substituents is 1. The number of carbonyl (C=O) groups is 2. The minimum atomic E-state index is -0.905. The molecule has 6 rings (SSSR count). The minimum absolute atomic E-state index is 0.123. The summed E-state index contributed by atoms with van der Waals surface area (Å²) in [5.41, 5.74) is 5.18. The molecular formula is C39H45N3O5. The third kappa shape index (κ3) is 6.96. The first-order valence-corrected chi connectivity index (χ1v) is 16.9. The fourth-order valence-electron chi connectivity index (χ4n) is 7.93. The number of imide groups is 1. The van der Waals surface area contributed by atoms with Gasteiger partial charge in [-0.3, -0.25) is 24.4 Å². The summed E-state index contributed by atoms with van der Waals surface area (Å²) in [6.07, 6.45) is 6.03. The van der Waals surface area contributed by atoms with Crippen molar-refractivity contribution in [3.8, 4) is 5.75 Å². The highest BCUT2D eigenvalue weighted by atomic mass is 16.3. The molecule has 0 unspecified atom stereocenters. The van der Waals surface area contributed by atoms with Gasteiger partial charge in [0.1, 0.15) is 5.75 Å². The first kappa shape index (κ1) is 32.8. The second-order valence-corrected chi connectivity index (χ2v) is 13.1. The Labute approximate surface area is 277 Å². The van der Waals surface area contributed by atoms with Crippen LogP contribution < -0.4 is 0 Å². The Morgan fingerprint density at radius 2 is 1.70 bits per heavy atom. The van der Waals surface area contributed by atoms with Gasteiger partial charge in [0.2, 0.25) is 11.8 Å². The summed E-state index contributed by atoms with van der Waals surface area (Å²) >= 11 is 0. The number of aromatic hydroxyl groups is 1. The van der Waals surface area contributed by atoms with Crippen LogP contribution in [-0.4, -0.2) is 73.8 Å². The van der Waals surface area contributed by atoms with E-state index in [1.165, 1.54) is 10.5 Å². The molecule has 4 atom stereocenters. The Kier molecular flexibility index (Phi) is 10.3. The van der Waals surface area contributed by atoms with Gasteiger partial charge in [-0.25, -0.2) is 0 Å². The summed E-state index contributed by atoms with van der Waals surface area (Å²) in [6.45, 7) is 4.17. The number of aliphatic hydroxyl groups is 2. The minimum Gasteiger partial charge on any atom is -0.507 e. The SMILES string of the molecule is CCC1=C([C@H](O)CC/C(=C/c2ccccc2O)c2ccccn2)[C@H](CO)[C@@H]2C(=O)N(C3CCN(Cc4ccccc4)CC3)C(=O)[C@@H]2C1. The molecule has 0 saturated carbocycles. The molecule has 3 aliphatic rings. The van der Waals surface area contributed by atoms with Crippen molar-refractivity contribution in [2.45, 2.75) is 64.1 Å². The van der Waals surface area contributed by atoms with E-state index in [0.717, 1.165) is 49.3 Å². The fourth-order valence-corrected chi connectivity index (χ4v) is 7.93. The van der Waals surface area contributed by atoms with Crippen LogP contribution in [0.25, 0.3) is 11.6 Å². The third-order valence-electron chi connectivity index (χ3n) is 10.3. The van der Waals surface area contributed by atoms with Crippen molar-refractivity contribution in [3.05, 3.63) is 107 Å². The number of rotatable bonds is 11. The van der Waals surface area contributed by atoms with Crippen LogP contribution in [0.3, 0.4) is 0 Å². The average Bonchev–Trinajstić information content (AvgIpc) is 3.36. The lowest BCUT2D eigenvalue weighted by Crippen LogP contribution is -2.47. The molecular weight excluding hydrogens is 590 g/mol. The van der Waals surface area contributed by atoms with Crippen LogP contribution in [0.5, 0.6) is 5.75 Å². The molecule has 3 heterocycles. The predicted octanol–water partition coefficient (Wildman–Crippen LogP) is 5.45. The van der Waals surface area contributed by atoms with E-state index in [2.05, 4.69) is 22.0 Å². The molecule has 0 bridgehead atoms. The highest BCUT2D eigenvalue weighted by Crippen LogP contribution is 2.48. The second kappa shape index (κ2) is 14.8. The zero-order valence-electron chi connectivity index (χ0n) is 27.0. The van der Waals surface area contributed by atoms with Gasteiger partial charge in [0.25, 0.3) is 0 Å². The van der Waals surface area contributed by atoms with Crippen molar-refractivity contribution >= 4 is 23.5 Å². The van der Waals surface area contributed by atoms with Crippen molar-refractivity contribution in [1.82, 2.24) is 14.8 Å². The molecule has 2 aromatic carbocycles. The number of amides is 2. The predicted molar refractivity (Wildman–Crippen MR) is 182 cm³/mol. The molecule has 0 radical (unpaired) electrons. The number of aromatic nitrogens is 1. The molecule has 2 saturated heterocycles. The van der Waals surface area contributed by atoms with Gasteiger partial charge >= 0.3 is 0 Å². The summed E-state index contributed by atoms with van der Waals surface area (Å²) in [5, 5.41) is 32.9. The number of fused-ring (bicyclic) bond motifs is 1. The second-order valence-electron chi connectivity index (χ2n) is 13.1. The number of pyridine rings is 1. The van der Waals surface area contributed by atoms with Crippen LogP contribution >= 0.6 is 0 Å². The average molecular weight is 636 g/mol. The number of piperidine rings is 1. The number of benzene rings is 2. The van der Waals surface area contributed by atoms with Crippen molar-refractivity contribution in [3.63, 3.8) is 0 Å². The van der Waals surface area contributed by atoms with Crippen molar-refractivity contribution in [2.24, 2.45) is 17.8 Å². The smallest absolute Gasteiger partial charge is 0.234 e. The lowest BCUT2D eigenvalue weighted by molar-refractivity contribution is -0.144. The number of hydrogen-bond acceptors (Lipinski definition) is 7. The molecule has 3 N–H and O–H groups in total. The first-order chi connectivity index (χ1) is 22.9. The Morgan fingerprint density at radius 3 is 2.38 bits per heavy atom. The van der Waals surface area contributed by atoms with E-state index in [4.69, 9.17) is 0 Å². The Bertz CT molecular complexity index is 1610. The van der Waals surface area contributed by atoms with E-state index in [0.29, 0.717) is 36.8 Å². The van der Waals surface area contributed by atoms with Gasteiger partial charge in [-0.2, -0.15) is 0 Å². The Balaban J connectivity index is 1.18. The summed E-state index contributed by atoms with van der Waals surface area (Å²) in [7, 11) is 0. The van der Waals surface area contributed by atoms with Crippen molar-refractivity contribution in [1.29, 1.82) is 0 Å². The first-order valence-electron chi connectivity index (χ1n) is 16.9. The Morgan fingerprint density at radius 1 is 0.979 bits per heavy atom. The van der Waals surface area contributed by atoms with Crippen LogP contribution in [-0.2, 0) is 16.1 Å². The molecule has 8 heteroatoms. The normalized spacial score (nSPS) is 23.3. The highest BCUT2D eigenvalue weighted by molar-refractivity contribution is 6.06. The fraction of sp³-hybridized carbons (Fsp3) is 0.410. The molecule has 2 aliphatic heterocycles. The molecule has 246 valence electrons. The molecule has 2 amide bonds. The van der Waals surface area contributed by atoms with Crippen molar-refractivity contribution in [2.75, 3.05) is 19.7 Å². The standard InChI is InChI=1S/C39H45N3O5/c1-2-27-23-31-37(39(47)42(38(31)46)30-17-20-41(21-18-30)24-26-10-4-3-5-11-26)32(25-43)36(27)35(45)16-15-28(33-13-8-9-19-40-33)22-29-12-6-7-14-34(29)44/h3-14,19,22,30-32,35,37,43-45H,2,15-18,20-21,23-25H2,1H3/b28-22-/t31-,32+,35-,37-/m1/s1. The maximum absolute atomic E-state index is 14.1. The van der Waals surface area contributed by atoms with Crippen LogP contribution in [0, 0.1) is 17.8 Å². The molecule has 1 aliphatic carbocycles. The molecule has 0 spiro atoms. The van der Waals surface area contributed by atoms with E-state index in [1.807, 2.05) is 61.5 Å². The summed E-state index contributed by atoms with van der Waals surface area (Å²) < 4.78 is 0. The molecule has 2 fully saturated rings. The van der Waals surface area contributed by atoms with Gasteiger partial charge in [-0.1, -0.05) is 67.1 Å². The van der Waals surface area contributed by atoms with Gasteiger partial charge in [-0.05, 0) is 79.5 Å². The van der Waals surface area contributed by atoms with Crippen LogP contribution in [0.1, 0.15) is 62.3 Å². The highest BCUT2D eigenvalue weighted by Gasteiger charge is 2.56. The number of allylic oxidation sites excluding steroid dienone is 2. The van der Waals surface area contributed by atoms with E-state index in [9.17, 15) is 24.9 Å². The summed E-state index contributed by atoms with van der Waals surface area (Å²) in [4.78, 5) is 36.4. The van der Waals surface area contributed by atoms with Crippen molar-refractivity contribution < 1.29 is 24.9 Å². The number of aliphatic hydroxyl groups excluding tert-OH is 2. The zero-order chi connectivity index (χ0) is 32.9. The van der Waals surface area contributed by atoms with Crippen LogP contribution in [0.4, 0.5) is 0 Å². The lowest BCUT2D eigenvalue weighted by Gasteiger charge is -2.37. The zero-order valence-corrected chi connectivity index (χ0v) is 27.0. The molecule has 8 nitrogen and oxygen atoms in total. The summed E-state index contributed by atoms with van der Waals surface area (Å²) in [5.74, 6) is -1.94. The number of phenols is 1. The summed E-state index contributed by atoms with van der Waals surface area (Å²) in [6, 6.07) is 22.9. The lowest BCUT2D eigenvalue weighted by atomic mass is 9.67. The third-order valence-corrected chi connectivity index (χ3v) is 10.3. The number of likely N-dealkylation sites (tertiary alicyclic amines) is 2. The van der Waals surface area contributed by atoms with E-state index >= 15 is 0 Å². The largest absolute Gasteiger partial charge is 0.507 e. The van der Waals surface area contributed by atoms with Gasteiger partial charge < -0.3 is 15.3 Å². The van der Waals surface area contributed by atoms with E-state index < -0.39 is 23.9 Å². The van der Waals surface area contributed by atoms with E-state index in [1.54, 1.807) is 18.3 Å². The number of nitrogens with zero attached hydrogens (tertiary/aromatic N) is 3. The number of para-hydroxylation sites is 1.